The van der Waals surface area contributed by atoms with E-state index in [1.54, 1.807) is 6.21 Å². The summed E-state index contributed by atoms with van der Waals surface area (Å²) in [7, 11) is 0. The maximum absolute atomic E-state index is 12.6. The van der Waals surface area contributed by atoms with E-state index in [-0.39, 0.29) is 22.8 Å². The van der Waals surface area contributed by atoms with Crippen molar-refractivity contribution < 1.29 is 19.5 Å². The average Bonchev–Trinajstić information content (AvgIpc) is 3.23. The third-order valence-corrected chi connectivity index (χ3v) is 5.39. The van der Waals surface area contributed by atoms with Crippen LogP contribution in [0, 0.1) is 0 Å². The van der Waals surface area contributed by atoms with Crippen LogP contribution in [0.1, 0.15) is 21.7 Å². The van der Waals surface area contributed by atoms with Crippen molar-refractivity contribution in [3.05, 3.63) is 52.2 Å². The van der Waals surface area contributed by atoms with Gasteiger partial charge < -0.3 is 10.8 Å². The second-order valence-electron chi connectivity index (χ2n) is 5.43. The number of thioether (sulfide) groups is 1. The Labute approximate surface area is 162 Å². The highest BCUT2D eigenvalue weighted by Gasteiger charge is 2.40. The van der Waals surface area contributed by atoms with Gasteiger partial charge in [-0.15, -0.1) is 16.4 Å². The molecule has 27 heavy (non-hydrogen) atoms. The molecule has 0 aliphatic carbocycles. The number of amidine groups is 1. The van der Waals surface area contributed by atoms with Crippen molar-refractivity contribution in [1.29, 1.82) is 0 Å². The number of nitrogens with two attached hydrogens (primary N) is 1. The van der Waals surface area contributed by atoms with Crippen LogP contribution in [0.15, 0.2) is 52.0 Å². The van der Waals surface area contributed by atoms with Crippen LogP contribution in [-0.4, -0.2) is 39.5 Å². The minimum absolute atomic E-state index is 0.00630. The van der Waals surface area contributed by atoms with Gasteiger partial charge in [0.15, 0.2) is 5.17 Å². The minimum Gasteiger partial charge on any atom is -0.478 e. The van der Waals surface area contributed by atoms with Crippen molar-refractivity contribution in [3.8, 4) is 0 Å². The molecule has 1 aromatic carbocycles. The van der Waals surface area contributed by atoms with E-state index in [1.165, 1.54) is 35.6 Å². The van der Waals surface area contributed by atoms with Crippen molar-refractivity contribution >= 4 is 58.0 Å². The van der Waals surface area contributed by atoms with Crippen molar-refractivity contribution in [2.24, 2.45) is 15.9 Å². The molecular weight excluding hydrogens is 388 g/mol. The Balaban J connectivity index is 1.70. The molecular formula is C17H14N4O4S2. The monoisotopic (exact) mass is 402 g/mol. The Bertz CT molecular complexity index is 940. The number of nitrogens with zero attached hydrogens (tertiary/aromatic N) is 3. The number of carbonyl (C=O) groups excluding carboxylic acids is 2. The summed E-state index contributed by atoms with van der Waals surface area (Å²) < 4.78 is 0. The molecule has 2 amide bonds. The quantitative estimate of drug-likeness (QED) is 0.342. The average molecular weight is 402 g/mol. The topological polar surface area (TPSA) is 125 Å². The molecule has 0 spiro atoms. The van der Waals surface area contributed by atoms with Gasteiger partial charge in [0.05, 0.1) is 17.5 Å². The molecule has 10 heteroatoms. The lowest BCUT2D eigenvalue weighted by atomic mass is 10.2. The number of thiophene rings is 1. The maximum atomic E-state index is 12.6. The van der Waals surface area contributed by atoms with E-state index >= 15 is 0 Å². The Hall–Kier alpha value is -2.98. The molecule has 1 fully saturated rings. The fourth-order valence-electron chi connectivity index (χ4n) is 2.42. The number of aromatic carboxylic acids is 1. The lowest BCUT2D eigenvalue weighted by molar-refractivity contribution is -0.121. The van der Waals surface area contributed by atoms with Gasteiger partial charge in [-0.2, -0.15) is 5.10 Å². The first-order chi connectivity index (χ1) is 13.0. The van der Waals surface area contributed by atoms with E-state index in [9.17, 15) is 14.4 Å². The number of benzene rings is 1. The number of hydrogen-bond acceptors (Lipinski definition) is 7. The lowest BCUT2D eigenvalue weighted by Gasteiger charge is -2.15. The van der Waals surface area contributed by atoms with Gasteiger partial charge in [0, 0.05) is 11.3 Å². The van der Waals surface area contributed by atoms with Crippen LogP contribution >= 0.6 is 23.1 Å². The van der Waals surface area contributed by atoms with Crippen LogP contribution in [-0.2, 0) is 9.59 Å². The fourth-order valence-corrected chi connectivity index (χ4v) is 3.82. The van der Waals surface area contributed by atoms with Crippen LogP contribution in [0.2, 0.25) is 0 Å². The van der Waals surface area contributed by atoms with E-state index in [1.807, 2.05) is 17.5 Å². The molecule has 2 heterocycles. The van der Waals surface area contributed by atoms with Gasteiger partial charge in [0.1, 0.15) is 5.25 Å². The van der Waals surface area contributed by atoms with Gasteiger partial charge in [-0.05, 0) is 29.6 Å². The van der Waals surface area contributed by atoms with Crippen molar-refractivity contribution in [1.82, 2.24) is 0 Å². The van der Waals surface area contributed by atoms with Crippen LogP contribution in [0.5, 0.6) is 0 Å². The number of carbonyl (C=O) groups is 3. The predicted molar refractivity (Wildman–Crippen MR) is 105 cm³/mol. The molecule has 0 bridgehead atoms. The van der Waals surface area contributed by atoms with Gasteiger partial charge >= 0.3 is 5.97 Å². The van der Waals surface area contributed by atoms with Crippen molar-refractivity contribution in [2.45, 2.75) is 11.7 Å². The zero-order valence-electron chi connectivity index (χ0n) is 13.8. The normalized spacial score (nSPS) is 17.9. The van der Waals surface area contributed by atoms with Crippen LogP contribution in [0.3, 0.4) is 0 Å². The Morgan fingerprint density at radius 2 is 2.15 bits per heavy atom. The molecule has 1 saturated heterocycles. The van der Waals surface area contributed by atoms with Gasteiger partial charge in [-0.3, -0.25) is 9.59 Å². The minimum atomic E-state index is -1.14. The summed E-state index contributed by atoms with van der Waals surface area (Å²) in [6.45, 7) is 0. The summed E-state index contributed by atoms with van der Waals surface area (Å²) >= 11 is 2.45. The number of carboxylic acid groups (broad SMARTS) is 1. The van der Waals surface area contributed by atoms with E-state index in [0.29, 0.717) is 0 Å². The van der Waals surface area contributed by atoms with Crippen molar-refractivity contribution in [3.63, 3.8) is 0 Å². The molecule has 1 atom stereocenters. The molecule has 1 aliphatic heterocycles. The summed E-state index contributed by atoms with van der Waals surface area (Å²) in [4.78, 5) is 37.8. The highest BCUT2D eigenvalue weighted by atomic mass is 32.2. The Kier molecular flexibility index (Phi) is 5.67. The predicted octanol–water partition coefficient (Wildman–Crippen LogP) is 2.16. The van der Waals surface area contributed by atoms with Crippen molar-refractivity contribution in [2.75, 3.05) is 4.90 Å². The maximum Gasteiger partial charge on any atom is 0.335 e. The van der Waals surface area contributed by atoms with E-state index < -0.39 is 23.0 Å². The molecule has 8 nitrogen and oxygen atoms in total. The Morgan fingerprint density at radius 3 is 2.85 bits per heavy atom. The molecule has 138 valence electrons. The smallest absolute Gasteiger partial charge is 0.335 e. The van der Waals surface area contributed by atoms with Gasteiger partial charge in [-0.1, -0.05) is 23.9 Å². The summed E-state index contributed by atoms with van der Waals surface area (Å²) in [6.07, 6.45) is 1.50. The Morgan fingerprint density at radius 1 is 1.33 bits per heavy atom. The first kappa shape index (κ1) is 18.8. The zero-order valence-corrected chi connectivity index (χ0v) is 15.4. The highest BCUT2D eigenvalue weighted by molar-refractivity contribution is 8.14. The number of anilines is 1. The largest absolute Gasteiger partial charge is 0.478 e. The summed E-state index contributed by atoms with van der Waals surface area (Å²) in [6, 6.07) is 9.42. The van der Waals surface area contributed by atoms with Gasteiger partial charge in [-0.25, -0.2) is 9.69 Å². The van der Waals surface area contributed by atoms with E-state index in [4.69, 9.17) is 10.8 Å². The molecule has 1 aliphatic rings. The molecule has 2 aromatic rings. The molecule has 0 saturated carbocycles. The molecule has 0 unspecified atom stereocenters. The lowest BCUT2D eigenvalue weighted by Crippen LogP contribution is -2.32. The first-order valence-electron chi connectivity index (χ1n) is 7.72. The van der Waals surface area contributed by atoms with Crippen LogP contribution in [0.4, 0.5) is 5.69 Å². The number of hydrogen-bond donors (Lipinski definition) is 2. The summed E-state index contributed by atoms with van der Waals surface area (Å²) in [5, 5.41) is 18.0. The molecule has 3 rings (SSSR count). The number of amides is 2. The summed E-state index contributed by atoms with van der Waals surface area (Å²) in [5.74, 6) is -2.02. The highest BCUT2D eigenvalue weighted by Crippen LogP contribution is 2.30. The third kappa shape index (κ3) is 4.41. The first-order valence-corrected chi connectivity index (χ1v) is 9.48. The number of imide groups is 1. The molecule has 3 N–H and O–H groups in total. The SMILES string of the molecule is N/C(=N/N=C\c1cccs1)S[C@H]1CC(=O)N(c2cccc(C(=O)O)c2)C1=O. The molecule has 1 aromatic heterocycles. The van der Waals surface area contributed by atoms with Crippen LogP contribution in [0.25, 0.3) is 0 Å². The van der Waals surface area contributed by atoms with Gasteiger partial charge in [0.25, 0.3) is 0 Å². The van der Waals surface area contributed by atoms with E-state index in [2.05, 4.69) is 10.2 Å². The second-order valence-corrected chi connectivity index (χ2v) is 7.63. The zero-order chi connectivity index (χ0) is 19.4. The third-order valence-electron chi connectivity index (χ3n) is 3.60. The second kappa shape index (κ2) is 8.14. The molecule has 0 radical (unpaired) electrons. The van der Waals surface area contributed by atoms with Crippen LogP contribution < -0.4 is 10.6 Å². The fraction of sp³-hybridized carbons (Fsp3) is 0.118. The number of carboxylic acids is 1. The van der Waals surface area contributed by atoms with Gasteiger partial charge in [0.2, 0.25) is 11.8 Å². The number of rotatable bonds is 5. The standard InChI is InChI=1S/C17H14N4O4S2/c18-17(20-19-9-12-5-2-6-26-12)27-13-8-14(22)21(15(13)23)11-4-1-3-10(7-11)16(24)25/h1-7,9,13H,8H2,(H2,18,20)(H,24,25)/b19-9-/t13-/m0/s1. The summed E-state index contributed by atoms with van der Waals surface area (Å²) in [5.41, 5.74) is 6.01. The van der Waals surface area contributed by atoms with E-state index in [0.717, 1.165) is 21.5 Å².